The van der Waals surface area contributed by atoms with E-state index in [0.717, 1.165) is 0 Å². The van der Waals surface area contributed by atoms with Gasteiger partial charge in [0.15, 0.2) is 17.6 Å². The first-order valence-corrected chi connectivity index (χ1v) is 6.60. The Morgan fingerprint density at radius 3 is 2.52 bits per heavy atom. The standard InChI is InChI=1S/C14H17NO6/c1-8-12(13(17)15-7-6-9(16)14(18)19)21-11-5-3-2-4-10(11)20-8/h2-5,8-9,12,16H,6-7H2,1H3,(H,15,17)(H,18,19)/t8?,9-,12?/m0/s1. The van der Waals surface area contributed by atoms with Crippen molar-refractivity contribution >= 4 is 11.9 Å². The summed E-state index contributed by atoms with van der Waals surface area (Å²) in [6.07, 6.45) is -2.85. The minimum atomic E-state index is -1.49. The van der Waals surface area contributed by atoms with Crippen molar-refractivity contribution in [2.75, 3.05) is 6.54 Å². The highest BCUT2D eigenvalue weighted by Crippen LogP contribution is 2.33. The molecular weight excluding hydrogens is 278 g/mol. The van der Waals surface area contributed by atoms with E-state index in [1.54, 1.807) is 25.1 Å². The number of fused-ring (bicyclic) bond motifs is 1. The van der Waals surface area contributed by atoms with Gasteiger partial charge in [-0.1, -0.05) is 12.1 Å². The summed E-state index contributed by atoms with van der Waals surface area (Å²) in [5, 5.41) is 20.2. The van der Waals surface area contributed by atoms with Gasteiger partial charge in [0.05, 0.1) is 0 Å². The van der Waals surface area contributed by atoms with E-state index in [9.17, 15) is 9.59 Å². The molecule has 0 saturated heterocycles. The fraction of sp³-hybridized carbons (Fsp3) is 0.429. The van der Waals surface area contributed by atoms with Gasteiger partial charge in [-0.05, 0) is 19.1 Å². The molecule has 114 valence electrons. The summed E-state index contributed by atoms with van der Waals surface area (Å²) in [6, 6.07) is 7.04. The third kappa shape index (κ3) is 3.63. The second-order valence-corrected chi connectivity index (χ2v) is 4.74. The van der Waals surface area contributed by atoms with Crippen molar-refractivity contribution in [1.29, 1.82) is 0 Å². The monoisotopic (exact) mass is 295 g/mol. The normalized spacial score (nSPS) is 21.4. The number of hydrogen-bond acceptors (Lipinski definition) is 5. The summed E-state index contributed by atoms with van der Waals surface area (Å²) in [5.74, 6) is -0.657. The Hall–Kier alpha value is -2.28. The van der Waals surface area contributed by atoms with Crippen molar-refractivity contribution in [2.24, 2.45) is 0 Å². The third-order valence-corrected chi connectivity index (χ3v) is 3.10. The van der Waals surface area contributed by atoms with Crippen LogP contribution in [0.25, 0.3) is 0 Å². The van der Waals surface area contributed by atoms with Crippen LogP contribution < -0.4 is 14.8 Å². The van der Waals surface area contributed by atoms with Gasteiger partial charge in [0.1, 0.15) is 6.10 Å². The van der Waals surface area contributed by atoms with Crippen LogP contribution >= 0.6 is 0 Å². The average molecular weight is 295 g/mol. The molecule has 7 nitrogen and oxygen atoms in total. The molecule has 1 aromatic rings. The molecule has 1 aliphatic rings. The van der Waals surface area contributed by atoms with Gasteiger partial charge in [0.25, 0.3) is 5.91 Å². The van der Waals surface area contributed by atoms with Crippen LogP contribution in [-0.2, 0) is 9.59 Å². The van der Waals surface area contributed by atoms with Crippen molar-refractivity contribution in [3.63, 3.8) is 0 Å². The number of para-hydroxylation sites is 2. The molecule has 0 spiro atoms. The number of carbonyl (C=O) groups excluding carboxylic acids is 1. The molecule has 0 fully saturated rings. The van der Waals surface area contributed by atoms with E-state index in [0.29, 0.717) is 11.5 Å². The first kappa shape index (κ1) is 15.1. The summed E-state index contributed by atoms with van der Waals surface area (Å²) >= 11 is 0. The average Bonchev–Trinajstić information content (AvgIpc) is 2.46. The second-order valence-electron chi connectivity index (χ2n) is 4.74. The Bertz CT molecular complexity index is 532. The molecule has 1 aromatic carbocycles. The minimum absolute atomic E-state index is 0.0422. The Kier molecular flexibility index (Phi) is 4.64. The van der Waals surface area contributed by atoms with Crippen molar-refractivity contribution < 1.29 is 29.3 Å². The van der Waals surface area contributed by atoms with Crippen LogP contribution in [0, 0.1) is 0 Å². The lowest BCUT2D eigenvalue weighted by atomic mass is 10.1. The van der Waals surface area contributed by atoms with Crippen molar-refractivity contribution in [3.8, 4) is 11.5 Å². The number of aliphatic hydroxyl groups excluding tert-OH is 1. The Morgan fingerprint density at radius 1 is 1.29 bits per heavy atom. The maximum absolute atomic E-state index is 12.0. The predicted molar refractivity (Wildman–Crippen MR) is 72.2 cm³/mol. The zero-order valence-electron chi connectivity index (χ0n) is 11.5. The predicted octanol–water partition coefficient (Wildman–Crippen LogP) is 0.167. The highest BCUT2D eigenvalue weighted by molar-refractivity contribution is 5.82. The summed E-state index contributed by atoms with van der Waals surface area (Å²) in [4.78, 5) is 22.5. The Labute approximate surface area is 121 Å². The summed E-state index contributed by atoms with van der Waals surface area (Å²) in [5.41, 5.74) is 0. The van der Waals surface area contributed by atoms with Gasteiger partial charge in [-0.3, -0.25) is 4.79 Å². The van der Waals surface area contributed by atoms with E-state index in [-0.39, 0.29) is 13.0 Å². The molecule has 3 N–H and O–H groups in total. The fourth-order valence-corrected chi connectivity index (χ4v) is 1.96. The molecule has 0 bridgehead atoms. The zero-order valence-corrected chi connectivity index (χ0v) is 11.5. The number of amides is 1. The lowest BCUT2D eigenvalue weighted by Gasteiger charge is -2.31. The van der Waals surface area contributed by atoms with Gasteiger partial charge in [-0.2, -0.15) is 0 Å². The fourth-order valence-electron chi connectivity index (χ4n) is 1.96. The highest BCUT2D eigenvalue weighted by atomic mass is 16.6. The van der Waals surface area contributed by atoms with Crippen molar-refractivity contribution in [3.05, 3.63) is 24.3 Å². The molecular formula is C14H17NO6. The van der Waals surface area contributed by atoms with E-state index in [1.165, 1.54) is 0 Å². The molecule has 2 rings (SSSR count). The lowest BCUT2D eigenvalue weighted by molar-refractivity contribution is -0.147. The molecule has 1 heterocycles. The van der Waals surface area contributed by atoms with Crippen molar-refractivity contribution in [2.45, 2.75) is 31.7 Å². The number of carbonyl (C=O) groups is 2. The highest BCUT2D eigenvalue weighted by Gasteiger charge is 2.33. The van der Waals surface area contributed by atoms with Crippen LogP contribution in [-0.4, -0.2) is 46.9 Å². The van der Waals surface area contributed by atoms with E-state index in [4.69, 9.17) is 19.7 Å². The van der Waals surface area contributed by atoms with Crippen LogP contribution in [0.2, 0.25) is 0 Å². The van der Waals surface area contributed by atoms with Crippen LogP contribution in [0.4, 0.5) is 0 Å². The smallest absolute Gasteiger partial charge is 0.332 e. The Balaban J connectivity index is 1.90. The topological polar surface area (TPSA) is 105 Å². The number of hydrogen-bond donors (Lipinski definition) is 3. The van der Waals surface area contributed by atoms with Crippen molar-refractivity contribution in [1.82, 2.24) is 5.32 Å². The molecule has 1 amide bonds. The number of nitrogens with one attached hydrogen (secondary N) is 1. The van der Waals surface area contributed by atoms with Crippen LogP contribution in [0.3, 0.4) is 0 Å². The molecule has 1 aliphatic heterocycles. The summed E-state index contributed by atoms with van der Waals surface area (Å²) in [7, 11) is 0. The van der Waals surface area contributed by atoms with Gasteiger partial charge >= 0.3 is 5.97 Å². The number of carboxylic acids is 1. The van der Waals surface area contributed by atoms with Crippen LogP contribution in [0.15, 0.2) is 24.3 Å². The quantitative estimate of drug-likeness (QED) is 0.715. The number of aliphatic hydroxyl groups is 1. The molecule has 0 radical (unpaired) electrons. The van der Waals surface area contributed by atoms with Crippen LogP contribution in [0.1, 0.15) is 13.3 Å². The van der Waals surface area contributed by atoms with E-state index < -0.39 is 30.2 Å². The summed E-state index contributed by atoms with van der Waals surface area (Å²) in [6.45, 7) is 1.76. The molecule has 7 heteroatoms. The van der Waals surface area contributed by atoms with Gasteiger partial charge < -0.3 is 25.0 Å². The van der Waals surface area contributed by atoms with Gasteiger partial charge in [0, 0.05) is 13.0 Å². The molecule has 21 heavy (non-hydrogen) atoms. The number of benzene rings is 1. The molecule has 3 atom stereocenters. The zero-order chi connectivity index (χ0) is 15.4. The lowest BCUT2D eigenvalue weighted by Crippen LogP contribution is -2.49. The first-order chi connectivity index (χ1) is 9.99. The second kappa shape index (κ2) is 6.45. The largest absolute Gasteiger partial charge is 0.482 e. The number of rotatable bonds is 5. The van der Waals surface area contributed by atoms with Gasteiger partial charge in [-0.15, -0.1) is 0 Å². The molecule has 2 unspecified atom stereocenters. The maximum atomic E-state index is 12.0. The number of aliphatic carboxylic acids is 1. The molecule has 0 aromatic heterocycles. The molecule has 0 aliphatic carbocycles. The first-order valence-electron chi connectivity index (χ1n) is 6.60. The number of ether oxygens (including phenoxy) is 2. The van der Waals surface area contributed by atoms with E-state index in [1.807, 2.05) is 6.07 Å². The minimum Gasteiger partial charge on any atom is -0.482 e. The number of carboxylic acid groups (broad SMARTS) is 1. The Morgan fingerprint density at radius 2 is 1.90 bits per heavy atom. The summed E-state index contributed by atoms with van der Waals surface area (Å²) < 4.78 is 11.2. The molecule has 0 saturated carbocycles. The van der Waals surface area contributed by atoms with E-state index >= 15 is 0 Å². The SMILES string of the molecule is CC1Oc2ccccc2OC1C(=O)NCC[C@H](O)C(=O)O. The van der Waals surface area contributed by atoms with Gasteiger partial charge in [0.2, 0.25) is 6.10 Å². The van der Waals surface area contributed by atoms with Crippen LogP contribution in [0.5, 0.6) is 11.5 Å². The third-order valence-electron chi connectivity index (χ3n) is 3.10. The van der Waals surface area contributed by atoms with E-state index in [2.05, 4.69) is 5.32 Å². The van der Waals surface area contributed by atoms with Gasteiger partial charge in [-0.25, -0.2) is 4.79 Å². The maximum Gasteiger partial charge on any atom is 0.332 e.